The summed E-state index contributed by atoms with van der Waals surface area (Å²) < 4.78 is 0. The second kappa shape index (κ2) is 27.7. The number of hydrogen-bond acceptors (Lipinski definition) is 13. The van der Waals surface area contributed by atoms with Gasteiger partial charge in [0.1, 0.15) is 42.3 Å². The van der Waals surface area contributed by atoms with Crippen molar-refractivity contribution in [2.45, 2.75) is 135 Å². The molecule has 1 aliphatic heterocycles. The summed E-state index contributed by atoms with van der Waals surface area (Å²) in [6.07, 6.45) is -0.0627. The van der Waals surface area contributed by atoms with Crippen LogP contribution >= 0.6 is 12.6 Å². The number of rotatable bonds is 27. The zero-order valence-corrected chi connectivity index (χ0v) is 38.2. The molecule has 0 aromatic heterocycles. The molecule has 358 valence electrons. The van der Waals surface area contributed by atoms with Gasteiger partial charge in [-0.2, -0.15) is 12.6 Å². The van der Waals surface area contributed by atoms with Crippen LogP contribution in [0.15, 0.2) is 4.99 Å². The Morgan fingerprint density at radius 3 is 1.81 bits per heavy atom. The van der Waals surface area contributed by atoms with Crippen LogP contribution in [0.4, 0.5) is 0 Å². The minimum absolute atomic E-state index is 0.0546. The van der Waals surface area contributed by atoms with Gasteiger partial charge in [-0.3, -0.25) is 43.3 Å². The summed E-state index contributed by atoms with van der Waals surface area (Å²) in [5.41, 5.74) is 16.3. The van der Waals surface area contributed by atoms with Crippen LogP contribution in [-0.4, -0.2) is 155 Å². The van der Waals surface area contributed by atoms with Gasteiger partial charge in [0, 0.05) is 18.8 Å². The maximum Gasteiger partial charge on any atom is 0.326 e. The Balaban J connectivity index is 3.13. The smallest absolute Gasteiger partial charge is 0.326 e. The van der Waals surface area contributed by atoms with Crippen LogP contribution in [0.2, 0.25) is 0 Å². The molecule has 1 rings (SSSR count). The second-order valence-corrected chi connectivity index (χ2v) is 17.0. The number of guanidine groups is 1. The number of nitrogens with zero attached hydrogens (tertiary/aromatic N) is 2. The molecule has 0 aromatic carbocycles. The van der Waals surface area contributed by atoms with Crippen LogP contribution in [0.3, 0.4) is 0 Å². The summed E-state index contributed by atoms with van der Waals surface area (Å²) in [5.74, 6) is -8.38. The van der Waals surface area contributed by atoms with E-state index in [1.165, 1.54) is 11.8 Å². The molecule has 0 radical (unpaired) electrons. The number of carbonyl (C=O) groups is 9. The molecule has 0 unspecified atom stereocenters. The quantitative estimate of drug-likeness (QED) is 0.0163. The number of nitrogens with two attached hydrogens (primary N) is 3. The molecular weight excluding hydrogens is 845 g/mol. The zero-order valence-electron chi connectivity index (χ0n) is 37.3. The molecule has 1 aliphatic rings. The highest BCUT2D eigenvalue weighted by Gasteiger charge is 2.37. The molecular formula is C39H70N12O11S. The minimum atomic E-state index is -1.58. The van der Waals surface area contributed by atoms with Gasteiger partial charge in [0.15, 0.2) is 5.96 Å². The van der Waals surface area contributed by atoms with Gasteiger partial charge in [-0.05, 0) is 63.2 Å². The van der Waals surface area contributed by atoms with Gasteiger partial charge in [-0.25, -0.2) is 4.79 Å². The van der Waals surface area contributed by atoms with Gasteiger partial charge in [0.25, 0.3) is 0 Å². The lowest BCUT2D eigenvalue weighted by Crippen LogP contribution is -2.60. The monoisotopic (exact) mass is 915 g/mol. The van der Waals surface area contributed by atoms with E-state index in [0.717, 1.165) is 0 Å². The van der Waals surface area contributed by atoms with Crippen LogP contribution in [0.1, 0.15) is 87.0 Å². The minimum Gasteiger partial charge on any atom is -0.480 e. The predicted molar refractivity (Wildman–Crippen MR) is 235 cm³/mol. The largest absolute Gasteiger partial charge is 0.480 e. The van der Waals surface area contributed by atoms with E-state index in [0.29, 0.717) is 19.4 Å². The third-order valence-corrected chi connectivity index (χ3v) is 10.2. The molecule has 8 atom stereocenters. The van der Waals surface area contributed by atoms with Crippen LogP contribution in [-0.2, 0) is 43.2 Å². The fraction of sp³-hybridized carbons (Fsp3) is 0.744. The van der Waals surface area contributed by atoms with Gasteiger partial charge in [0.2, 0.25) is 47.3 Å². The van der Waals surface area contributed by atoms with Gasteiger partial charge in [0.05, 0.1) is 19.2 Å². The highest BCUT2D eigenvalue weighted by molar-refractivity contribution is 7.80. The average molecular weight is 915 g/mol. The van der Waals surface area contributed by atoms with E-state index in [-0.39, 0.29) is 68.2 Å². The first-order valence-electron chi connectivity index (χ1n) is 21.1. The third-order valence-electron chi connectivity index (χ3n) is 9.86. The van der Waals surface area contributed by atoms with Crippen LogP contribution < -0.4 is 54.4 Å². The predicted octanol–water partition coefficient (Wildman–Crippen LogP) is -3.84. The van der Waals surface area contributed by atoms with E-state index in [9.17, 15) is 53.4 Å². The summed E-state index contributed by atoms with van der Waals surface area (Å²) in [5, 5.41) is 37.2. The molecule has 0 aliphatic carbocycles. The standard InChI is InChI=1S/C39H70N12O11S/c1-19(2)14-24(46-35(58)27-11-9-13-51(27)29(54)16-40)33(56)50-30(21(5)6)36(59)48-26(18-63)34(57)45-23(10-8-12-43-39(41)42)32(55)44-17-28(53)49-31(22(7)52)37(60)47-25(38(61)62)15-20(3)4/h19-27,30-31,52,63H,8-18,40H2,1-7H3,(H,44,55)(H,45,57)(H,46,58)(H,47,60)(H,48,59)(H,49,53)(H,50,56)(H,61,62)(H4,41,42,43)/t22-,23+,24+,25+,26+,27+,30+,31+/m1/s1. The number of aliphatic imine (C=N–C) groups is 1. The summed E-state index contributed by atoms with van der Waals surface area (Å²) >= 11 is 4.23. The molecule has 1 heterocycles. The number of likely N-dealkylation sites (tertiary alicyclic amines) is 1. The Kier molecular flexibility index (Phi) is 24.6. The summed E-state index contributed by atoms with van der Waals surface area (Å²) in [4.78, 5) is 123. The van der Waals surface area contributed by atoms with Crippen molar-refractivity contribution < 1.29 is 53.4 Å². The maximum absolute atomic E-state index is 13.7. The summed E-state index contributed by atoms with van der Waals surface area (Å²) in [7, 11) is 0. The van der Waals surface area contributed by atoms with Crippen molar-refractivity contribution >= 4 is 71.8 Å². The number of nitrogens with one attached hydrogen (secondary N) is 7. The Morgan fingerprint density at radius 1 is 0.730 bits per heavy atom. The number of hydrogen-bond donors (Lipinski definition) is 13. The lowest BCUT2D eigenvalue weighted by Gasteiger charge is -2.29. The SMILES string of the molecule is CC(C)C[C@H](NC(=O)[C@@H](NC(=O)CNC(=O)[C@H](CCCN=C(N)N)NC(=O)[C@H](CS)NC(=O)[C@@H](NC(=O)[C@H](CC(C)C)NC(=O)[C@@H]1CCCN1C(=O)CN)C(C)C)[C@@H](C)O)C(=O)O. The Hall–Kier alpha value is -5.23. The number of aliphatic carboxylic acids is 1. The summed E-state index contributed by atoms with van der Waals surface area (Å²) in [6.45, 7) is 11.2. The molecule has 23 nitrogen and oxygen atoms in total. The summed E-state index contributed by atoms with van der Waals surface area (Å²) in [6, 6.07) is -8.59. The van der Waals surface area contributed by atoms with Crippen molar-refractivity contribution in [3.8, 4) is 0 Å². The molecule has 0 saturated carbocycles. The molecule has 8 amide bonds. The van der Waals surface area contributed by atoms with Gasteiger partial charge in [-0.1, -0.05) is 41.5 Å². The van der Waals surface area contributed by atoms with E-state index in [1.807, 2.05) is 13.8 Å². The lowest BCUT2D eigenvalue weighted by molar-refractivity contribution is -0.143. The normalized spacial score (nSPS) is 17.0. The molecule has 0 spiro atoms. The van der Waals surface area contributed by atoms with Gasteiger partial charge in [-0.15, -0.1) is 0 Å². The number of aliphatic hydroxyl groups excluding tert-OH is 1. The molecule has 63 heavy (non-hydrogen) atoms. The number of aliphatic hydroxyl groups is 1. The first-order valence-corrected chi connectivity index (χ1v) is 21.7. The first-order chi connectivity index (χ1) is 29.4. The van der Waals surface area contributed by atoms with E-state index >= 15 is 0 Å². The van der Waals surface area contributed by atoms with Gasteiger partial charge < -0.3 is 69.5 Å². The highest BCUT2D eigenvalue weighted by Crippen LogP contribution is 2.18. The zero-order chi connectivity index (χ0) is 48.1. The second-order valence-electron chi connectivity index (χ2n) is 16.7. The van der Waals surface area contributed by atoms with Crippen molar-refractivity contribution in [1.82, 2.24) is 42.1 Å². The topological polar surface area (TPSA) is 372 Å². The van der Waals surface area contributed by atoms with Crippen LogP contribution in [0.5, 0.6) is 0 Å². The highest BCUT2D eigenvalue weighted by atomic mass is 32.1. The number of thiol groups is 1. The van der Waals surface area contributed by atoms with E-state index in [4.69, 9.17) is 17.2 Å². The van der Waals surface area contributed by atoms with E-state index in [1.54, 1.807) is 27.7 Å². The van der Waals surface area contributed by atoms with E-state index in [2.05, 4.69) is 54.8 Å². The Labute approximate surface area is 373 Å². The lowest BCUT2D eigenvalue weighted by atomic mass is 9.99. The maximum atomic E-state index is 13.7. The molecule has 0 bridgehead atoms. The number of carbonyl (C=O) groups excluding carboxylic acids is 8. The number of amides is 8. The number of carboxylic acid groups (broad SMARTS) is 1. The van der Waals surface area contributed by atoms with Crippen LogP contribution in [0.25, 0.3) is 0 Å². The Bertz CT molecular complexity index is 1630. The fourth-order valence-electron chi connectivity index (χ4n) is 6.59. The first kappa shape index (κ1) is 55.8. The fourth-order valence-corrected chi connectivity index (χ4v) is 6.85. The van der Waals surface area contributed by atoms with Crippen molar-refractivity contribution in [2.24, 2.45) is 39.9 Å². The third kappa shape index (κ3) is 19.8. The molecule has 24 heteroatoms. The van der Waals surface area contributed by atoms with Crippen molar-refractivity contribution in [2.75, 3.05) is 31.9 Å². The number of carboxylic acids is 1. The van der Waals surface area contributed by atoms with Crippen molar-refractivity contribution in [3.63, 3.8) is 0 Å². The molecule has 1 saturated heterocycles. The molecule has 15 N–H and O–H groups in total. The van der Waals surface area contributed by atoms with Crippen molar-refractivity contribution in [3.05, 3.63) is 0 Å². The molecule has 0 aromatic rings. The average Bonchev–Trinajstić information content (AvgIpc) is 3.70. The van der Waals surface area contributed by atoms with E-state index < -0.39 is 108 Å². The van der Waals surface area contributed by atoms with Gasteiger partial charge >= 0.3 is 5.97 Å². The molecule has 1 fully saturated rings. The van der Waals surface area contributed by atoms with Crippen LogP contribution in [0, 0.1) is 17.8 Å². The Morgan fingerprint density at radius 2 is 1.29 bits per heavy atom. The van der Waals surface area contributed by atoms with Crippen molar-refractivity contribution in [1.29, 1.82) is 0 Å².